The van der Waals surface area contributed by atoms with Crippen LogP contribution in [0.3, 0.4) is 0 Å². The fourth-order valence-corrected chi connectivity index (χ4v) is 2.63. The van der Waals surface area contributed by atoms with Gasteiger partial charge in [-0.1, -0.05) is 19.9 Å². The highest BCUT2D eigenvalue weighted by Gasteiger charge is 2.33. The third kappa shape index (κ3) is 2.15. The first-order chi connectivity index (χ1) is 8.52. The van der Waals surface area contributed by atoms with Crippen LogP contribution >= 0.6 is 0 Å². The molecule has 1 aliphatic heterocycles. The molecule has 1 fully saturated rings. The minimum absolute atomic E-state index is 0.0186. The highest BCUT2D eigenvalue weighted by Crippen LogP contribution is 2.32. The lowest BCUT2D eigenvalue weighted by Crippen LogP contribution is -2.38. The van der Waals surface area contributed by atoms with Crippen molar-refractivity contribution in [3.8, 4) is 11.5 Å². The Bertz CT molecular complexity index is 436. The van der Waals surface area contributed by atoms with Crippen molar-refractivity contribution in [1.29, 1.82) is 0 Å². The molecule has 1 atom stereocenters. The molecule has 1 amide bonds. The number of phenols is 2. The summed E-state index contributed by atoms with van der Waals surface area (Å²) >= 11 is 0. The van der Waals surface area contributed by atoms with Crippen molar-refractivity contribution in [3.05, 3.63) is 23.8 Å². The molecule has 1 unspecified atom stereocenters. The number of carbonyl (C=O) groups is 1. The van der Waals surface area contributed by atoms with Crippen LogP contribution in [0.15, 0.2) is 18.2 Å². The van der Waals surface area contributed by atoms with Crippen LogP contribution in [0.5, 0.6) is 11.5 Å². The molecule has 4 nitrogen and oxygen atoms in total. The Morgan fingerprint density at radius 2 is 1.94 bits per heavy atom. The van der Waals surface area contributed by atoms with Gasteiger partial charge in [0, 0.05) is 12.6 Å². The van der Waals surface area contributed by atoms with Crippen molar-refractivity contribution in [3.63, 3.8) is 0 Å². The number of amides is 1. The van der Waals surface area contributed by atoms with E-state index in [-0.39, 0.29) is 29.0 Å². The molecule has 0 aromatic heterocycles. The van der Waals surface area contributed by atoms with Crippen molar-refractivity contribution in [2.24, 2.45) is 5.92 Å². The second kappa shape index (κ2) is 4.88. The Morgan fingerprint density at radius 1 is 1.33 bits per heavy atom. The molecule has 98 valence electrons. The molecule has 4 heteroatoms. The first kappa shape index (κ1) is 12.7. The van der Waals surface area contributed by atoms with Gasteiger partial charge >= 0.3 is 0 Å². The lowest BCUT2D eigenvalue weighted by atomic mass is 10.0. The summed E-state index contributed by atoms with van der Waals surface area (Å²) in [7, 11) is 0. The van der Waals surface area contributed by atoms with E-state index in [0.717, 1.165) is 12.8 Å². The van der Waals surface area contributed by atoms with Gasteiger partial charge in [0.05, 0.1) is 0 Å². The van der Waals surface area contributed by atoms with Crippen molar-refractivity contribution in [2.75, 3.05) is 6.54 Å². The number of hydrogen-bond donors (Lipinski definition) is 2. The van der Waals surface area contributed by atoms with E-state index < -0.39 is 0 Å². The predicted molar refractivity (Wildman–Crippen MR) is 68.7 cm³/mol. The Hall–Kier alpha value is -1.71. The zero-order chi connectivity index (χ0) is 13.3. The second-order valence-electron chi connectivity index (χ2n) is 5.12. The summed E-state index contributed by atoms with van der Waals surface area (Å²) in [5.74, 6) is -0.213. The van der Waals surface area contributed by atoms with Crippen molar-refractivity contribution in [2.45, 2.75) is 32.7 Å². The van der Waals surface area contributed by atoms with Crippen LogP contribution in [0.25, 0.3) is 0 Å². The second-order valence-corrected chi connectivity index (χ2v) is 5.12. The third-order valence-electron chi connectivity index (χ3n) is 3.56. The Kier molecular flexibility index (Phi) is 3.45. The zero-order valence-corrected chi connectivity index (χ0v) is 10.8. The topological polar surface area (TPSA) is 60.8 Å². The molecule has 1 heterocycles. The molecule has 1 aromatic carbocycles. The SMILES string of the molecule is CC(C)C1CCCN1C(=O)c1c(O)cccc1O. The van der Waals surface area contributed by atoms with Crippen LogP contribution < -0.4 is 0 Å². The average molecular weight is 249 g/mol. The highest BCUT2D eigenvalue weighted by molar-refractivity contribution is 5.99. The molecular weight excluding hydrogens is 230 g/mol. The highest BCUT2D eigenvalue weighted by atomic mass is 16.3. The van der Waals surface area contributed by atoms with E-state index in [4.69, 9.17) is 0 Å². The molecule has 0 aliphatic carbocycles. The van der Waals surface area contributed by atoms with Crippen molar-refractivity contribution >= 4 is 5.91 Å². The van der Waals surface area contributed by atoms with Gasteiger partial charge in [0.2, 0.25) is 0 Å². The summed E-state index contributed by atoms with van der Waals surface area (Å²) in [5, 5.41) is 19.5. The van der Waals surface area contributed by atoms with Gasteiger partial charge in [-0.05, 0) is 30.9 Å². The van der Waals surface area contributed by atoms with Gasteiger partial charge in [-0.15, -0.1) is 0 Å². The minimum Gasteiger partial charge on any atom is -0.507 e. The fourth-order valence-electron chi connectivity index (χ4n) is 2.63. The predicted octanol–water partition coefficient (Wildman–Crippen LogP) is 2.36. The zero-order valence-electron chi connectivity index (χ0n) is 10.8. The monoisotopic (exact) mass is 249 g/mol. The molecule has 1 saturated heterocycles. The van der Waals surface area contributed by atoms with Gasteiger partial charge in [-0.25, -0.2) is 0 Å². The molecule has 18 heavy (non-hydrogen) atoms. The van der Waals surface area contributed by atoms with E-state index in [1.54, 1.807) is 4.90 Å². The maximum absolute atomic E-state index is 12.4. The summed E-state index contributed by atoms with van der Waals surface area (Å²) in [4.78, 5) is 14.2. The maximum atomic E-state index is 12.4. The van der Waals surface area contributed by atoms with E-state index in [1.165, 1.54) is 18.2 Å². The number of rotatable bonds is 2. The molecule has 2 N–H and O–H groups in total. The third-order valence-corrected chi connectivity index (χ3v) is 3.56. The quantitative estimate of drug-likeness (QED) is 0.845. The normalized spacial score (nSPS) is 19.5. The van der Waals surface area contributed by atoms with E-state index in [0.29, 0.717) is 12.5 Å². The fraction of sp³-hybridized carbons (Fsp3) is 0.500. The van der Waals surface area contributed by atoms with E-state index >= 15 is 0 Å². The maximum Gasteiger partial charge on any atom is 0.261 e. The van der Waals surface area contributed by atoms with Crippen LogP contribution in [0.4, 0.5) is 0 Å². The van der Waals surface area contributed by atoms with Crippen LogP contribution in [0.2, 0.25) is 0 Å². The number of nitrogens with zero attached hydrogens (tertiary/aromatic N) is 1. The molecular formula is C14H19NO3. The summed E-state index contributed by atoms with van der Waals surface area (Å²) in [6.45, 7) is 4.86. The van der Waals surface area contributed by atoms with Gasteiger partial charge in [0.25, 0.3) is 5.91 Å². The van der Waals surface area contributed by atoms with Crippen molar-refractivity contribution in [1.82, 2.24) is 4.90 Å². The standard InChI is InChI=1S/C14H19NO3/c1-9(2)10-5-4-8-15(10)14(18)13-11(16)6-3-7-12(13)17/h3,6-7,9-10,16-17H,4-5,8H2,1-2H3. The minimum atomic E-state index is -0.276. The number of hydrogen-bond acceptors (Lipinski definition) is 3. The van der Waals surface area contributed by atoms with Crippen LogP contribution in [0, 0.1) is 5.92 Å². The molecule has 0 radical (unpaired) electrons. The van der Waals surface area contributed by atoms with Gasteiger partial charge in [-0.3, -0.25) is 4.79 Å². The lowest BCUT2D eigenvalue weighted by molar-refractivity contribution is 0.0695. The number of phenolic OH excluding ortho intramolecular Hbond substituents is 2. The largest absolute Gasteiger partial charge is 0.507 e. The molecule has 0 spiro atoms. The van der Waals surface area contributed by atoms with Crippen LogP contribution in [-0.2, 0) is 0 Å². The summed E-state index contributed by atoms with van der Waals surface area (Å²) in [6.07, 6.45) is 1.96. The summed E-state index contributed by atoms with van der Waals surface area (Å²) in [5.41, 5.74) is 0.0186. The lowest BCUT2D eigenvalue weighted by Gasteiger charge is -2.28. The first-order valence-corrected chi connectivity index (χ1v) is 6.34. The van der Waals surface area contributed by atoms with Gasteiger partial charge in [-0.2, -0.15) is 0 Å². The molecule has 0 saturated carbocycles. The van der Waals surface area contributed by atoms with E-state index in [9.17, 15) is 15.0 Å². The molecule has 2 rings (SSSR count). The summed E-state index contributed by atoms with van der Waals surface area (Å²) in [6, 6.07) is 4.56. The molecule has 1 aromatic rings. The van der Waals surface area contributed by atoms with Gasteiger partial charge < -0.3 is 15.1 Å². The average Bonchev–Trinajstić information content (AvgIpc) is 2.77. The van der Waals surface area contributed by atoms with Crippen LogP contribution in [-0.4, -0.2) is 33.6 Å². The molecule has 1 aliphatic rings. The molecule has 0 bridgehead atoms. The smallest absolute Gasteiger partial charge is 0.261 e. The summed E-state index contributed by atoms with van der Waals surface area (Å²) < 4.78 is 0. The van der Waals surface area contributed by atoms with Crippen LogP contribution in [0.1, 0.15) is 37.0 Å². The van der Waals surface area contributed by atoms with Gasteiger partial charge in [0.1, 0.15) is 17.1 Å². The number of benzene rings is 1. The van der Waals surface area contributed by atoms with Gasteiger partial charge in [0.15, 0.2) is 0 Å². The number of likely N-dealkylation sites (tertiary alicyclic amines) is 1. The Labute approximate surface area is 107 Å². The first-order valence-electron chi connectivity index (χ1n) is 6.34. The Balaban J connectivity index is 2.31. The van der Waals surface area contributed by atoms with E-state index in [2.05, 4.69) is 13.8 Å². The van der Waals surface area contributed by atoms with Crippen molar-refractivity contribution < 1.29 is 15.0 Å². The van der Waals surface area contributed by atoms with E-state index in [1.807, 2.05) is 0 Å². The number of carbonyl (C=O) groups excluding carboxylic acids is 1. The number of aromatic hydroxyl groups is 2. The Morgan fingerprint density at radius 3 is 2.50 bits per heavy atom.